The van der Waals surface area contributed by atoms with E-state index in [-0.39, 0.29) is 20.1 Å². The topological polar surface area (TPSA) is 34.6 Å². The van der Waals surface area contributed by atoms with Crippen molar-refractivity contribution in [2.75, 3.05) is 0 Å². The first-order valence-electron chi connectivity index (χ1n) is 6.46. The third kappa shape index (κ3) is 1.53. The van der Waals surface area contributed by atoms with Crippen molar-refractivity contribution in [3.05, 3.63) is 60.9 Å². The molecular formula is C16H9IrN4-. The van der Waals surface area contributed by atoms with E-state index in [0.29, 0.717) is 0 Å². The quantitative estimate of drug-likeness (QED) is 0.341. The first kappa shape index (κ1) is 12.5. The van der Waals surface area contributed by atoms with Crippen molar-refractivity contribution in [3.8, 4) is 0 Å². The second kappa shape index (κ2) is 4.38. The maximum absolute atomic E-state index is 4.74. The number of aromatic nitrogens is 4. The van der Waals surface area contributed by atoms with Crippen LogP contribution in [0.3, 0.4) is 0 Å². The summed E-state index contributed by atoms with van der Waals surface area (Å²) in [4.78, 5) is 9.18. The minimum atomic E-state index is 0. The molecule has 4 nitrogen and oxygen atoms in total. The van der Waals surface area contributed by atoms with Gasteiger partial charge in [0.15, 0.2) is 0 Å². The predicted molar refractivity (Wildman–Crippen MR) is 77.8 cm³/mol. The van der Waals surface area contributed by atoms with Crippen LogP contribution in [0.2, 0.25) is 0 Å². The number of para-hydroxylation sites is 2. The molecule has 3 heterocycles. The maximum atomic E-state index is 4.74. The Morgan fingerprint density at radius 1 is 1.00 bits per heavy atom. The van der Waals surface area contributed by atoms with Crippen LogP contribution in [0.5, 0.6) is 0 Å². The zero-order valence-electron chi connectivity index (χ0n) is 10.8. The van der Waals surface area contributed by atoms with Gasteiger partial charge in [0, 0.05) is 32.5 Å². The van der Waals surface area contributed by atoms with Gasteiger partial charge in [0.2, 0.25) is 5.78 Å². The summed E-state index contributed by atoms with van der Waals surface area (Å²) in [6.45, 7) is 0. The van der Waals surface area contributed by atoms with Gasteiger partial charge < -0.3 is 8.80 Å². The predicted octanol–water partition coefficient (Wildman–Crippen LogP) is 3.09. The Balaban J connectivity index is 0.00000115. The van der Waals surface area contributed by atoms with Crippen molar-refractivity contribution in [1.29, 1.82) is 0 Å². The Morgan fingerprint density at radius 3 is 2.81 bits per heavy atom. The van der Waals surface area contributed by atoms with Crippen LogP contribution in [0, 0.1) is 6.07 Å². The number of hydrogen-bond donors (Lipinski definition) is 0. The molecule has 0 bridgehead atoms. The molecule has 0 aliphatic heterocycles. The summed E-state index contributed by atoms with van der Waals surface area (Å²) in [5, 5.41) is 1.01. The Kier molecular flexibility index (Phi) is 2.61. The smallest absolute Gasteiger partial charge is 0.203 e. The zero-order valence-corrected chi connectivity index (χ0v) is 13.2. The monoisotopic (exact) mass is 450 g/mol. The van der Waals surface area contributed by atoms with E-state index in [4.69, 9.17) is 4.98 Å². The number of rotatable bonds is 0. The standard InChI is InChI=1S/C16H9N4.Ir/c1-3-7-13-11(5-1)15-17-9-10-19(15)16-18-12-6-2-4-8-14(12)20(13)16;/h1-4,6-10H;/q-1;. The fraction of sp³-hybridized carbons (Fsp3) is 0. The van der Waals surface area contributed by atoms with E-state index in [1.807, 2.05) is 40.9 Å². The van der Waals surface area contributed by atoms with Crippen LogP contribution in [0.1, 0.15) is 0 Å². The zero-order chi connectivity index (χ0) is 13.1. The van der Waals surface area contributed by atoms with E-state index < -0.39 is 0 Å². The van der Waals surface area contributed by atoms with Crippen molar-refractivity contribution in [2.45, 2.75) is 0 Å². The normalized spacial score (nSPS) is 11.4. The molecule has 1 radical (unpaired) electrons. The molecule has 0 aliphatic carbocycles. The van der Waals surface area contributed by atoms with Gasteiger partial charge in [-0.15, -0.1) is 24.3 Å². The summed E-state index contributed by atoms with van der Waals surface area (Å²) in [7, 11) is 0. The summed E-state index contributed by atoms with van der Waals surface area (Å²) in [6.07, 6.45) is 3.74. The first-order chi connectivity index (χ1) is 9.93. The number of fused-ring (bicyclic) bond motifs is 8. The van der Waals surface area contributed by atoms with E-state index in [0.717, 1.165) is 33.4 Å². The molecule has 0 aliphatic rings. The van der Waals surface area contributed by atoms with Crippen LogP contribution in [0.15, 0.2) is 54.9 Å². The molecule has 0 N–H and O–H groups in total. The van der Waals surface area contributed by atoms with Gasteiger partial charge in [-0.25, -0.2) is 4.98 Å². The number of benzene rings is 2. The van der Waals surface area contributed by atoms with Crippen molar-refractivity contribution < 1.29 is 20.1 Å². The van der Waals surface area contributed by atoms with Gasteiger partial charge in [-0.1, -0.05) is 17.5 Å². The molecule has 103 valence electrons. The van der Waals surface area contributed by atoms with Gasteiger partial charge in [0.1, 0.15) is 0 Å². The van der Waals surface area contributed by atoms with Crippen molar-refractivity contribution in [3.63, 3.8) is 0 Å². The van der Waals surface area contributed by atoms with E-state index in [9.17, 15) is 0 Å². The maximum Gasteiger partial charge on any atom is 0.203 e. The van der Waals surface area contributed by atoms with Gasteiger partial charge >= 0.3 is 0 Å². The van der Waals surface area contributed by atoms with Gasteiger partial charge in [0.05, 0.1) is 16.7 Å². The minimum absolute atomic E-state index is 0. The average Bonchev–Trinajstić information content (AvgIpc) is 3.12. The molecule has 3 aromatic heterocycles. The number of hydrogen-bond acceptors (Lipinski definition) is 2. The molecule has 0 saturated heterocycles. The van der Waals surface area contributed by atoms with E-state index in [2.05, 4.69) is 27.6 Å². The van der Waals surface area contributed by atoms with E-state index in [1.165, 1.54) is 0 Å². The van der Waals surface area contributed by atoms with Crippen molar-refractivity contribution >= 4 is 33.4 Å². The first-order valence-corrected chi connectivity index (χ1v) is 6.46. The van der Waals surface area contributed by atoms with Gasteiger partial charge in [-0.3, -0.25) is 4.98 Å². The molecule has 2 aromatic carbocycles. The fourth-order valence-corrected chi connectivity index (χ4v) is 2.86. The molecule has 0 spiro atoms. The van der Waals surface area contributed by atoms with Gasteiger partial charge in [-0.2, -0.15) is 0 Å². The van der Waals surface area contributed by atoms with E-state index in [1.54, 1.807) is 6.20 Å². The molecule has 0 unspecified atom stereocenters. The molecule has 0 fully saturated rings. The SMILES string of the molecule is [Ir].[c-]1cccc2c1c1nccn1c1nc3ccccc3n21. The third-order valence-corrected chi connectivity index (χ3v) is 3.70. The molecule has 21 heavy (non-hydrogen) atoms. The Bertz CT molecular complexity index is 1100. The van der Waals surface area contributed by atoms with Crippen LogP contribution < -0.4 is 0 Å². The Labute approximate surface area is 133 Å². The molecule has 5 heteroatoms. The number of imidazole rings is 2. The average molecular weight is 449 g/mol. The Morgan fingerprint density at radius 2 is 1.86 bits per heavy atom. The molecule has 0 saturated carbocycles. The van der Waals surface area contributed by atoms with Crippen LogP contribution >= 0.6 is 0 Å². The van der Waals surface area contributed by atoms with Crippen LogP contribution in [-0.2, 0) is 20.1 Å². The summed E-state index contributed by atoms with van der Waals surface area (Å²) < 4.78 is 4.18. The van der Waals surface area contributed by atoms with Crippen LogP contribution in [0.25, 0.3) is 33.4 Å². The molecule has 5 rings (SSSR count). The van der Waals surface area contributed by atoms with Gasteiger partial charge in [-0.05, 0) is 17.6 Å². The largest absolute Gasteiger partial charge is 0.320 e. The number of nitrogens with zero attached hydrogens (tertiary/aromatic N) is 4. The van der Waals surface area contributed by atoms with E-state index >= 15 is 0 Å². The summed E-state index contributed by atoms with van der Waals surface area (Å²) in [6, 6.07) is 17.5. The summed E-state index contributed by atoms with van der Waals surface area (Å²) >= 11 is 0. The fourth-order valence-electron chi connectivity index (χ4n) is 2.86. The molecule has 0 atom stereocenters. The van der Waals surface area contributed by atoms with Crippen LogP contribution in [-0.4, -0.2) is 18.8 Å². The molecule has 5 aromatic rings. The Hall–Kier alpha value is -2.23. The summed E-state index contributed by atoms with van der Waals surface area (Å²) in [5.74, 6) is 0.880. The third-order valence-electron chi connectivity index (χ3n) is 3.70. The molecule has 0 amide bonds. The van der Waals surface area contributed by atoms with Crippen molar-refractivity contribution in [1.82, 2.24) is 18.8 Å². The summed E-state index contributed by atoms with van der Waals surface area (Å²) in [5.41, 5.74) is 4.06. The second-order valence-electron chi connectivity index (χ2n) is 4.79. The van der Waals surface area contributed by atoms with Crippen LogP contribution in [0.4, 0.5) is 0 Å². The van der Waals surface area contributed by atoms with Crippen molar-refractivity contribution in [2.24, 2.45) is 0 Å². The minimum Gasteiger partial charge on any atom is -0.320 e. The molecular weight excluding hydrogens is 440 g/mol. The van der Waals surface area contributed by atoms with Gasteiger partial charge in [0.25, 0.3) is 0 Å². The second-order valence-corrected chi connectivity index (χ2v) is 4.79.